The number of ether oxygens (including phenoxy) is 1. The summed E-state index contributed by atoms with van der Waals surface area (Å²) in [5.41, 5.74) is 0.238. The topological polar surface area (TPSA) is 47.4 Å². The van der Waals surface area contributed by atoms with Crippen LogP contribution in [0.2, 0.25) is 0 Å². The number of amides is 1. The maximum absolute atomic E-state index is 12.0. The molecular formula is C14H21N3O2S. The Morgan fingerprint density at radius 2 is 2.40 bits per heavy atom. The number of nitrogens with zero attached hydrogens (tertiary/aromatic N) is 3. The van der Waals surface area contributed by atoms with E-state index < -0.39 is 0 Å². The first-order chi connectivity index (χ1) is 9.69. The first-order valence-electron chi connectivity index (χ1n) is 7.14. The van der Waals surface area contributed by atoms with Crippen LogP contribution < -0.4 is 0 Å². The molecule has 0 N–H and O–H groups in total. The van der Waals surface area contributed by atoms with Crippen molar-refractivity contribution in [3.8, 4) is 0 Å². The van der Waals surface area contributed by atoms with E-state index in [1.165, 1.54) is 0 Å². The summed E-state index contributed by atoms with van der Waals surface area (Å²) in [6.45, 7) is 3.35. The fraction of sp³-hybridized carbons (Fsp3) is 0.714. The average molecular weight is 295 g/mol. The van der Waals surface area contributed by atoms with E-state index in [1.54, 1.807) is 18.0 Å². The number of likely N-dealkylation sites (tertiary alicyclic amines) is 1. The Bertz CT molecular complexity index is 483. The Morgan fingerprint density at radius 3 is 3.10 bits per heavy atom. The molecule has 0 unspecified atom stereocenters. The summed E-state index contributed by atoms with van der Waals surface area (Å²) in [5, 5.41) is 1.01. The van der Waals surface area contributed by atoms with Crippen molar-refractivity contribution in [2.24, 2.45) is 12.5 Å². The number of thioether (sulfide) groups is 1. The molecule has 110 valence electrons. The zero-order chi connectivity index (χ0) is 14.0. The predicted molar refractivity (Wildman–Crippen MR) is 77.6 cm³/mol. The lowest BCUT2D eigenvalue weighted by atomic mass is 9.79. The van der Waals surface area contributed by atoms with Crippen molar-refractivity contribution < 1.29 is 9.53 Å². The van der Waals surface area contributed by atoms with Gasteiger partial charge in [-0.05, 0) is 12.8 Å². The third kappa shape index (κ3) is 2.86. The Hall–Kier alpha value is -1.01. The van der Waals surface area contributed by atoms with E-state index in [1.807, 2.05) is 22.7 Å². The number of aryl methyl sites for hydroxylation is 1. The third-order valence-corrected chi connectivity index (χ3v) is 5.34. The second-order valence-corrected chi connectivity index (χ2v) is 6.85. The SMILES string of the molecule is Cn1ccnc1SCCN1C[C@]2(CCOC2)CCC1=O. The van der Waals surface area contributed by atoms with Gasteiger partial charge in [0.2, 0.25) is 5.91 Å². The summed E-state index contributed by atoms with van der Waals surface area (Å²) in [5.74, 6) is 1.19. The minimum absolute atomic E-state index is 0.238. The Labute approximate surface area is 123 Å². The molecule has 0 saturated carbocycles. The summed E-state index contributed by atoms with van der Waals surface area (Å²) >= 11 is 1.71. The highest BCUT2D eigenvalue weighted by Crippen LogP contribution is 2.38. The zero-order valence-electron chi connectivity index (χ0n) is 11.9. The Kier molecular flexibility index (Phi) is 4.03. The fourth-order valence-electron chi connectivity index (χ4n) is 3.02. The van der Waals surface area contributed by atoms with E-state index >= 15 is 0 Å². The van der Waals surface area contributed by atoms with Crippen LogP contribution in [0.1, 0.15) is 19.3 Å². The normalized spacial score (nSPS) is 26.6. The number of carbonyl (C=O) groups is 1. The van der Waals surface area contributed by atoms with E-state index in [9.17, 15) is 4.79 Å². The molecule has 0 radical (unpaired) electrons. The molecule has 0 aliphatic carbocycles. The second kappa shape index (κ2) is 5.77. The maximum Gasteiger partial charge on any atom is 0.222 e. The lowest BCUT2D eigenvalue weighted by Crippen LogP contribution is -2.47. The summed E-state index contributed by atoms with van der Waals surface area (Å²) in [6.07, 6.45) is 6.52. The smallest absolute Gasteiger partial charge is 0.222 e. The van der Waals surface area contributed by atoms with E-state index in [-0.39, 0.29) is 5.41 Å². The van der Waals surface area contributed by atoms with Crippen molar-refractivity contribution in [2.75, 3.05) is 32.1 Å². The van der Waals surface area contributed by atoms with Gasteiger partial charge in [-0.3, -0.25) is 4.79 Å². The molecule has 1 aromatic rings. The van der Waals surface area contributed by atoms with Gasteiger partial charge in [0.25, 0.3) is 0 Å². The highest BCUT2D eigenvalue weighted by molar-refractivity contribution is 7.99. The second-order valence-electron chi connectivity index (χ2n) is 5.79. The minimum Gasteiger partial charge on any atom is -0.381 e. The largest absolute Gasteiger partial charge is 0.381 e. The number of piperidine rings is 1. The molecular weight excluding hydrogens is 274 g/mol. The van der Waals surface area contributed by atoms with Crippen LogP contribution in [-0.4, -0.2) is 52.4 Å². The molecule has 1 atom stereocenters. The van der Waals surface area contributed by atoms with Crippen molar-refractivity contribution in [1.29, 1.82) is 0 Å². The van der Waals surface area contributed by atoms with Crippen LogP contribution in [0.15, 0.2) is 17.6 Å². The van der Waals surface area contributed by atoms with Crippen molar-refractivity contribution in [3.05, 3.63) is 12.4 Å². The van der Waals surface area contributed by atoms with Crippen LogP contribution in [0.3, 0.4) is 0 Å². The van der Waals surface area contributed by atoms with Gasteiger partial charge in [-0.2, -0.15) is 0 Å². The van der Waals surface area contributed by atoms with Gasteiger partial charge in [0, 0.05) is 56.7 Å². The monoisotopic (exact) mass is 295 g/mol. The molecule has 2 saturated heterocycles. The number of carbonyl (C=O) groups excluding carboxylic acids is 1. The highest BCUT2D eigenvalue weighted by atomic mass is 32.2. The molecule has 6 heteroatoms. The molecule has 20 heavy (non-hydrogen) atoms. The number of hydrogen-bond donors (Lipinski definition) is 0. The summed E-state index contributed by atoms with van der Waals surface area (Å²) in [6, 6.07) is 0. The van der Waals surface area contributed by atoms with Gasteiger partial charge in [0.05, 0.1) is 6.61 Å². The van der Waals surface area contributed by atoms with Crippen molar-refractivity contribution in [2.45, 2.75) is 24.4 Å². The molecule has 5 nitrogen and oxygen atoms in total. The van der Waals surface area contributed by atoms with Crippen LogP contribution in [-0.2, 0) is 16.6 Å². The lowest BCUT2D eigenvalue weighted by molar-refractivity contribution is -0.137. The van der Waals surface area contributed by atoms with Gasteiger partial charge in [-0.15, -0.1) is 0 Å². The summed E-state index contributed by atoms with van der Waals surface area (Å²) < 4.78 is 7.55. The van der Waals surface area contributed by atoms with E-state index in [0.29, 0.717) is 12.3 Å². The quantitative estimate of drug-likeness (QED) is 0.791. The summed E-state index contributed by atoms with van der Waals surface area (Å²) in [4.78, 5) is 18.4. The van der Waals surface area contributed by atoms with Crippen LogP contribution in [0, 0.1) is 5.41 Å². The van der Waals surface area contributed by atoms with Gasteiger partial charge in [-0.1, -0.05) is 11.8 Å². The van der Waals surface area contributed by atoms with Crippen molar-refractivity contribution >= 4 is 17.7 Å². The molecule has 1 amide bonds. The van der Waals surface area contributed by atoms with E-state index in [2.05, 4.69) is 4.98 Å². The Balaban J connectivity index is 1.53. The Morgan fingerprint density at radius 1 is 1.50 bits per heavy atom. The standard InChI is InChI=1S/C14H21N3O2S/c1-16-6-5-15-13(16)20-9-7-17-10-14(3-2-12(17)18)4-8-19-11-14/h5-6H,2-4,7-11H2,1H3/t14-/m1/s1. The first kappa shape index (κ1) is 13.9. The summed E-state index contributed by atoms with van der Waals surface area (Å²) in [7, 11) is 1.99. The van der Waals surface area contributed by atoms with Crippen LogP contribution in [0.4, 0.5) is 0 Å². The zero-order valence-corrected chi connectivity index (χ0v) is 12.7. The molecule has 3 heterocycles. The van der Waals surface area contributed by atoms with Gasteiger partial charge in [-0.25, -0.2) is 4.98 Å². The van der Waals surface area contributed by atoms with Gasteiger partial charge < -0.3 is 14.2 Å². The maximum atomic E-state index is 12.0. The first-order valence-corrected chi connectivity index (χ1v) is 8.13. The number of imidazole rings is 1. The highest BCUT2D eigenvalue weighted by Gasteiger charge is 2.41. The molecule has 0 aromatic carbocycles. The predicted octanol–water partition coefficient (Wildman–Crippen LogP) is 1.54. The van der Waals surface area contributed by atoms with E-state index in [0.717, 1.165) is 50.1 Å². The lowest BCUT2D eigenvalue weighted by Gasteiger charge is -2.39. The molecule has 0 bridgehead atoms. The fourth-order valence-corrected chi connectivity index (χ4v) is 3.91. The number of rotatable bonds is 4. The number of aromatic nitrogens is 2. The van der Waals surface area contributed by atoms with Crippen LogP contribution >= 0.6 is 11.8 Å². The average Bonchev–Trinajstić information content (AvgIpc) is 3.05. The van der Waals surface area contributed by atoms with Crippen molar-refractivity contribution in [3.63, 3.8) is 0 Å². The third-order valence-electron chi connectivity index (χ3n) is 4.30. The molecule has 1 spiro atoms. The van der Waals surface area contributed by atoms with Crippen LogP contribution in [0.5, 0.6) is 0 Å². The van der Waals surface area contributed by atoms with Crippen LogP contribution in [0.25, 0.3) is 0 Å². The van der Waals surface area contributed by atoms with Gasteiger partial charge in [0.15, 0.2) is 5.16 Å². The number of hydrogen-bond acceptors (Lipinski definition) is 4. The van der Waals surface area contributed by atoms with Crippen molar-refractivity contribution in [1.82, 2.24) is 14.5 Å². The van der Waals surface area contributed by atoms with Gasteiger partial charge in [0.1, 0.15) is 0 Å². The molecule has 2 aliphatic heterocycles. The molecule has 2 aliphatic rings. The molecule has 2 fully saturated rings. The van der Waals surface area contributed by atoms with E-state index in [4.69, 9.17) is 4.74 Å². The minimum atomic E-state index is 0.238. The van der Waals surface area contributed by atoms with Gasteiger partial charge >= 0.3 is 0 Å². The molecule has 1 aromatic heterocycles. The molecule has 3 rings (SSSR count).